The summed E-state index contributed by atoms with van der Waals surface area (Å²) in [6.45, 7) is 4.31. The van der Waals surface area contributed by atoms with E-state index in [0.717, 1.165) is 18.2 Å². The summed E-state index contributed by atoms with van der Waals surface area (Å²) >= 11 is 0. The Morgan fingerprint density at radius 1 is 0.967 bits per heavy atom. The first-order valence-corrected chi connectivity index (χ1v) is 12.9. The second-order valence-electron chi connectivity index (χ2n) is 11.0. The predicted octanol–water partition coefficient (Wildman–Crippen LogP) is 5.94. The Morgan fingerprint density at radius 2 is 1.63 bits per heavy atom. The Balaban J connectivity index is 1.61. The summed E-state index contributed by atoms with van der Waals surface area (Å²) in [5, 5.41) is 5.27. The van der Waals surface area contributed by atoms with Gasteiger partial charge in [0.15, 0.2) is 5.82 Å². The summed E-state index contributed by atoms with van der Waals surface area (Å²) in [4.78, 5) is 20.9. The zero-order valence-corrected chi connectivity index (χ0v) is 19.1. The summed E-state index contributed by atoms with van der Waals surface area (Å²) in [7, 11) is 0. The van der Waals surface area contributed by atoms with Crippen molar-refractivity contribution in [3.05, 3.63) is 5.82 Å². The van der Waals surface area contributed by atoms with E-state index >= 15 is 0 Å². The Hall–Kier alpha value is -1.39. The van der Waals surface area contributed by atoms with Crippen molar-refractivity contribution in [2.45, 2.75) is 128 Å². The van der Waals surface area contributed by atoms with Crippen LogP contribution >= 0.6 is 0 Å². The van der Waals surface area contributed by atoms with E-state index in [2.05, 4.69) is 23.4 Å². The molecule has 2 unspecified atom stereocenters. The van der Waals surface area contributed by atoms with Gasteiger partial charge in [0.25, 0.3) is 0 Å². The second kappa shape index (κ2) is 8.27. The molecule has 3 aliphatic carbocycles. The third-order valence-corrected chi connectivity index (χ3v) is 8.54. The minimum atomic E-state index is 0.104. The standard InChI is InChI=1S/C25H40N4O/c1-18(2)17-22(30)28-21-14-8-7-13-20(21)25(15-9-4-10-16-25)29-24(28)26-23(27-29)19-11-5-3-6-12-19/h18-21H,3-17H2,1-2H3. The lowest BCUT2D eigenvalue weighted by Gasteiger charge is -2.55. The highest BCUT2D eigenvalue weighted by atomic mass is 16.2. The first kappa shape index (κ1) is 20.5. The van der Waals surface area contributed by atoms with Crippen LogP contribution in [0.4, 0.5) is 5.95 Å². The lowest BCUT2D eigenvalue weighted by Crippen LogP contribution is -2.61. The van der Waals surface area contributed by atoms with Gasteiger partial charge in [0, 0.05) is 24.3 Å². The van der Waals surface area contributed by atoms with Crippen molar-refractivity contribution in [1.82, 2.24) is 14.8 Å². The van der Waals surface area contributed by atoms with Gasteiger partial charge >= 0.3 is 0 Å². The highest BCUT2D eigenvalue weighted by molar-refractivity contribution is 5.93. The first-order chi connectivity index (χ1) is 14.6. The van der Waals surface area contributed by atoms with Gasteiger partial charge in [-0.25, -0.2) is 4.68 Å². The molecule has 5 rings (SSSR count). The maximum Gasteiger partial charge on any atom is 0.231 e. The topological polar surface area (TPSA) is 51.0 Å². The fraction of sp³-hybridized carbons (Fsp3) is 0.880. The van der Waals surface area contributed by atoms with Crippen LogP contribution in [0.3, 0.4) is 0 Å². The summed E-state index contributed by atoms with van der Waals surface area (Å²) in [5.41, 5.74) is 0.104. The molecule has 4 aliphatic rings. The molecule has 1 aliphatic heterocycles. The van der Waals surface area contributed by atoms with Crippen molar-refractivity contribution >= 4 is 11.9 Å². The van der Waals surface area contributed by atoms with E-state index < -0.39 is 0 Å². The third kappa shape index (κ3) is 3.40. The molecular weight excluding hydrogens is 372 g/mol. The van der Waals surface area contributed by atoms with Crippen LogP contribution in [-0.2, 0) is 10.3 Å². The predicted molar refractivity (Wildman–Crippen MR) is 120 cm³/mol. The Morgan fingerprint density at radius 3 is 2.37 bits per heavy atom. The molecule has 0 aromatic carbocycles. The number of hydrogen-bond donors (Lipinski definition) is 0. The normalized spacial score (nSPS) is 29.1. The number of hydrogen-bond acceptors (Lipinski definition) is 3. The number of nitrogens with zero attached hydrogens (tertiary/aromatic N) is 4. The molecule has 5 nitrogen and oxygen atoms in total. The van der Waals surface area contributed by atoms with Crippen molar-refractivity contribution in [2.75, 3.05) is 4.90 Å². The van der Waals surface area contributed by atoms with Crippen LogP contribution in [0.1, 0.15) is 122 Å². The molecule has 30 heavy (non-hydrogen) atoms. The molecule has 2 heterocycles. The molecule has 1 aromatic rings. The monoisotopic (exact) mass is 412 g/mol. The van der Waals surface area contributed by atoms with Crippen molar-refractivity contribution in [1.29, 1.82) is 0 Å². The molecule has 1 aromatic heterocycles. The molecular formula is C25H40N4O. The van der Waals surface area contributed by atoms with Crippen LogP contribution < -0.4 is 4.90 Å². The zero-order valence-electron chi connectivity index (χ0n) is 19.1. The van der Waals surface area contributed by atoms with Crippen LogP contribution in [0.15, 0.2) is 0 Å². The quantitative estimate of drug-likeness (QED) is 0.617. The number of carbonyl (C=O) groups excluding carboxylic acids is 1. The molecule has 1 spiro atoms. The lowest BCUT2D eigenvalue weighted by atomic mass is 9.64. The number of aromatic nitrogens is 3. The van der Waals surface area contributed by atoms with Crippen molar-refractivity contribution < 1.29 is 4.79 Å². The van der Waals surface area contributed by atoms with Crippen molar-refractivity contribution in [2.24, 2.45) is 11.8 Å². The van der Waals surface area contributed by atoms with Crippen LogP contribution in [0.5, 0.6) is 0 Å². The zero-order chi connectivity index (χ0) is 20.7. The van der Waals surface area contributed by atoms with Crippen molar-refractivity contribution in [3.63, 3.8) is 0 Å². The summed E-state index contributed by atoms with van der Waals surface area (Å²) in [6, 6.07) is 0.332. The molecule has 0 bridgehead atoms. The smallest absolute Gasteiger partial charge is 0.231 e. The molecule has 3 fully saturated rings. The summed E-state index contributed by atoms with van der Waals surface area (Å²) < 4.78 is 2.32. The van der Waals surface area contributed by atoms with Gasteiger partial charge in [0.1, 0.15) is 0 Å². The molecule has 0 saturated heterocycles. The van der Waals surface area contributed by atoms with Gasteiger partial charge in [-0.05, 0) is 44.4 Å². The van der Waals surface area contributed by atoms with E-state index in [1.807, 2.05) is 0 Å². The number of anilines is 1. The largest absolute Gasteiger partial charge is 0.277 e. The number of fused-ring (bicyclic) bond motifs is 4. The average molecular weight is 413 g/mol. The van der Waals surface area contributed by atoms with Crippen LogP contribution in [0.2, 0.25) is 0 Å². The summed E-state index contributed by atoms with van der Waals surface area (Å²) in [6.07, 6.45) is 18.3. The molecule has 1 amide bonds. The lowest BCUT2D eigenvalue weighted by molar-refractivity contribution is -0.121. The average Bonchev–Trinajstić information content (AvgIpc) is 3.21. The maximum absolute atomic E-state index is 13.5. The maximum atomic E-state index is 13.5. The van der Waals surface area contributed by atoms with E-state index in [9.17, 15) is 4.79 Å². The fourth-order valence-electron chi connectivity index (χ4n) is 7.15. The highest BCUT2D eigenvalue weighted by Crippen LogP contribution is 2.53. The molecule has 3 saturated carbocycles. The van der Waals surface area contributed by atoms with E-state index in [-0.39, 0.29) is 11.4 Å². The van der Waals surface area contributed by atoms with Gasteiger partial charge in [0.05, 0.1) is 5.54 Å². The Bertz CT molecular complexity index is 757. The van der Waals surface area contributed by atoms with E-state index in [4.69, 9.17) is 10.1 Å². The highest BCUT2D eigenvalue weighted by Gasteiger charge is 2.55. The van der Waals surface area contributed by atoms with Gasteiger partial charge < -0.3 is 0 Å². The second-order valence-corrected chi connectivity index (χ2v) is 11.0. The van der Waals surface area contributed by atoms with Crippen molar-refractivity contribution in [3.8, 4) is 0 Å². The van der Waals surface area contributed by atoms with Gasteiger partial charge in [-0.15, -0.1) is 0 Å². The molecule has 166 valence electrons. The molecule has 0 radical (unpaired) electrons. The van der Waals surface area contributed by atoms with E-state index in [0.29, 0.717) is 30.2 Å². The van der Waals surface area contributed by atoms with Gasteiger partial charge in [-0.3, -0.25) is 9.69 Å². The third-order valence-electron chi connectivity index (χ3n) is 8.54. The number of rotatable bonds is 3. The van der Waals surface area contributed by atoms with E-state index in [1.54, 1.807) is 0 Å². The van der Waals surface area contributed by atoms with Gasteiger partial charge in [-0.2, -0.15) is 10.1 Å². The van der Waals surface area contributed by atoms with Crippen LogP contribution in [0.25, 0.3) is 0 Å². The minimum absolute atomic E-state index is 0.104. The Labute approximate surface area is 182 Å². The van der Waals surface area contributed by atoms with E-state index in [1.165, 1.54) is 83.5 Å². The Kier molecular flexibility index (Phi) is 5.66. The molecule has 2 atom stereocenters. The van der Waals surface area contributed by atoms with Gasteiger partial charge in [0.2, 0.25) is 11.9 Å². The fourth-order valence-corrected chi connectivity index (χ4v) is 7.15. The number of carbonyl (C=O) groups is 1. The van der Waals surface area contributed by atoms with Crippen LogP contribution in [-0.4, -0.2) is 26.7 Å². The SMILES string of the molecule is CC(C)CC(=O)N1c2nc(C3CCCCC3)nn2C2(CCCCC2)C2CCCCC21. The van der Waals surface area contributed by atoms with Gasteiger partial charge in [-0.1, -0.05) is 65.2 Å². The molecule has 0 N–H and O–H groups in total. The molecule has 5 heteroatoms. The summed E-state index contributed by atoms with van der Waals surface area (Å²) in [5.74, 6) is 3.63. The number of amides is 1. The van der Waals surface area contributed by atoms with Crippen LogP contribution in [0, 0.1) is 11.8 Å². The minimum Gasteiger partial charge on any atom is -0.277 e. The first-order valence-electron chi connectivity index (χ1n) is 12.9.